The lowest BCUT2D eigenvalue weighted by molar-refractivity contribution is -0.121. The number of nitrogens with zero attached hydrogens (tertiary/aromatic N) is 3. The van der Waals surface area contributed by atoms with Gasteiger partial charge in [-0.05, 0) is 74.2 Å². The SMILES string of the molecule is CCOc1ccc(N2C(=O)/C(=C\c3ccc(N4CCOCC4)cc3)N=C2SC(CC)C(=O)NC2CCCCC2)cc1. The van der Waals surface area contributed by atoms with Crippen molar-refractivity contribution in [2.75, 3.05) is 42.7 Å². The Morgan fingerprint density at radius 1 is 1.05 bits per heavy atom. The van der Waals surface area contributed by atoms with Crippen molar-refractivity contribution in [1.29, 1.82) is 0 Å². The molecule has 2 aliphatic heterocycles. The number of hydrogen-bond acceptors (Lipinski definition) is 7. The van der Waals surface area contributed by atoms with Gasteiger partial charge in [0.05, 0.1) is 30.8 Å². The van der Waals surface area contributed by atoms with Gasteiger partial charge >= 0.3 is 0 Å². The van der Waals surface area contributed by atoms with Crippen LogP contribution in [0, 0.1) is 0 Å². The van der Waals surface area contributed by atoms with E-state index in [4.69, 9.17) is 14.5 Å². The van der Waals surface area contributed by atoms with Crippen LogP contribution in [0.2, 0.25) is 0 Å². The number of thioether (sulfide) groups is 1. The molecule has 5 rings (SSSR count). The van der Waals surface area contributed by atoms with E-state index in [9.17, 15) is 9.59 Å². The summed E-state index contributed by atoms with van der Waals surface area (Å²) >= 11 is 1.36. The molecule has 8 nitrogen and oxygen atoms in total. The Kier molecular flexibility index (Phi) is 10.0. The van der Waals surface area contributed by atoms with Gasteiger partial charge in [0.25, 0.3) is 5.91 Å². The van der Waals surface area contributed by atoms with E-state index in [1.54, 1.807) is 4.90 Å². The highest BCUT2D eigenvalue weighted by molar-refractivity contribution is 8.15. The van der Waals surface area contributed by atoms with Crippen molar-refractivity contribution in [1.82, 2.24) is 5.32 Å². The number of morpholine rings is 1. The van der Waals surface area contributed by atoms with Crippen molar-refractivity contribution < 1.29 is 19.1 Å². The summed E-state index contributed by atoms with van der Waals surface area (Å²) in [6.45, 7) is 7.71. The Morgan fingerprint density at radius 2 is 1.73 bits per heavy atom. The molecule has 1 atom stereocenters. The van der Waals surface area contributed by atoms with Crippen LogP contribution in [0.4, 0.5) is 11.4 Å². The van der Waals surface area contributed by atoms with Crippen molar-refractivity contribution in [2.45, 2.75) is 63.7 Å². The third kappa shape index (κ3) is 7.32. The molecule has 0 aromatic heterocycles. The van der Waals surface area contributed by atoms with Gasteiger partial charge in [-0.2, -0.15) is 0 Å². The maximum atomic E-state index is 13.8. The van der Waals surface area contributed by atoms with Crippen molar-refractivity contribution in [3.63, 3.8) is 0 Å². The predicted octanol–water partition coefficient (Wildman–Crippen LogP) is 5.63. The van der Waals surface area contributed by atoms with Crippen LogP contribution in [0.15, 0.2) is 59.2 Å². The highest BCUT2D eigenvalue weighted by Crippen LogP contribution is 2.33. The molecule has 2 amide bonds. The number of carbonyl (C=O) groups excluding carboxylic acids is 2. The summed E-state index contributed by atoms with van der Waals surface area (Å²) in [7, 11) is 0. The normalized spacial score (nSPS) is 19.8. The predicted molar refractivity (Wildman–Crippen MR) is 167 cm³/mol. The Bertz CT molecular complexity index is 1250. The van der Waals surface area contributed by atoms with Crippen LogP contribution in [0.25, 0.3) is 6.08 Å². The Morgan fingerprint density at radius 3 is 2.39 bits per heavy atom. The van der Waals surface area contributed by atoms with E-state index in [0.29, 0.717) is 29.6 Å². The molecule has 1 saturated heterocycles. The number of hydrogen-bond donors (Lipinski definition) is 1. The first-order chi connectivity index (χ1) is 20.1. The second-order valence-electron chi connectivity index (χ2n) is 10.5. The van der Waals surface area contributed by atoms with Gasteiger partial charge in [-0.1, -0.05) is 50.1 Å². The molecule has 1 aliphatic carbocycles. The monoisotopic (exact) mass is 576 g/mol. The van der Waals surface area contributed by atoms with Gasteiger partial charge < -0.3 is 19.7 Å². The molecule has 9 heteroatoms. The standard InChI is InChI=1S/C32H40N4O4S/c1-3-29(30(37)33-24-8-6-5-7-9-24)41-32-34-28(31(38)36(32)26-14-16-27(17-15-26)40-4-2)22-23-10-12-25(13-11-23)35-18-20-39-21-19-35/h10-17,22,24,29H,3-9,18-21H2,1-2H3,(H,33,37)/b28-22+. The fourth-order valence-corrected chi connectivity index (χ4v) is 6.45. The highest BCUT2D eigenvalue weighted by atomic mass is 32.2. The lowest BCUT2D eigenvalue weighted by atomic mass is 9.95. The van der Waals surface area contributed by atoms with Crippen LogP contribution in [0.5, 0.6) is 5.75 Å². The first kappa shape index (κ1) is 29.2. The molecule has 1 unspecified atom stereocenters. The van der Waals surface area contributed by atoms with Crippen LogP contribution in [0.3, 0.4) is 0 Å². The molecule has 0 radical (unpaired) electrons. The molecule has 41 heavy (non-hydrogen) atoms. The zero-order valence-electron chi connectivity index (χ0n) is 24.0. The summed E-state index contributed by atoms with van der Waals surface area (Å²) in [4.78, 5) is 35.8. The lowest BCUT2D eigenvalue weighted by Crippen LogP contribution is -2.42. The fourth-order valence-electron chi connectivity index (χ4n) is 5.41. The van der Waals surface area contributed by atoms with E-state index in [1.165, 1.54) is 18.2 Å². The van der Waals surface area contributed by atoms with Gasteiger partial charge in [0, 0.05) is 24.8 Å². The average Bonchev–Trinajstić information content (AvgIpc) is 3.31. The Hall–Kier alpha value is -3.30. The lowest BCUT2D eigenvalue weighted by Gasteiger charge is -2.28. The third-order valence-corrected chi connectivity index (χ3v) is 8.99. The minimum absolute atomic E-state index is 0.0160. The number of amides is 2. The zero-order chi connectivity index (χ0) is 28.6. The first-order valence-electron chi connectivity index (χ1n) is 14.8. The number of nitrogens with one attached hydrogen (secondary N) is 1. The van der Waals surface area contributed by atoms with E-state index in [0.717, 1.165) is 69.0 Å². The summed E-state index contributed by atoms with van der Waals surface area (Å²) in [5.41, 5.74) is 3.08. The molecular formula is C32H40N4O4S. The second kappa shape index (κ2) is 14.0. The van der Waals surface area contributed by atoms with Crippen LogP contribution in [-0.2, 0) is 14.3 Å². The van der Waals surface area contributed by atoms with E-state index in [1.807, 2.05) is 56.3 Å². The highest BCUT2D eigenvalue weighted by Gasteiger charge is 2.35. The van der Waals surface area contributed by atoms with Gasteiger partial charge in [0.2, 0.25) is 5.91 Å². The average molecular weight is 577 g/mol. The van der Waals surface area contributed by atoms with Crippen molar-refractivity contribution in [3.05, 3.63) is 59.8 Å². The summed E-state index contributed by atoms with van der Waals surface area (Å²) in [6.07, 6.45) is 8.06. The fraction of sp³-hybridized carbons (Fsp3) is 0.469. The van der Waals surface area contributed by atoms with Crippen LogP contribution < -0.4 is 19.9 Å². The zero-order valence-corrected chi connectivity index (χ0v) is 24.8. The van der Waals surface area contributed by atoms with E-state index >= 15 is 0 Å². The number of carbonyl (C=O) groups is 2. The number of aliphatic imine (C=N–C) groups is 1. The third-order valence-electron chi connectivity index (χ3n) is 7.67. The minimum Gasteiger partial charge on any atom is -0.494 e. The molecule has 2 heterocycles. The number of rotatable bonds is 9. The Balaban J connectivity index is 1.38. The molecule has 0 spiro atoms. The number of benzene rings is 2. The molecule has 0 bridgehead atoms. The molecular weight excluding hydrogens is 536 g/mol. The smallest absolute Gasteiger partial charge is 0.283 e. The first-order valence-corrected chi connectivity index (χ1v) is 15.7. The van der Waals surface area contributed by atoms with Crippen molar-refractivity contribution >= 4 is 46.2 Å². The molecule has 2 aromatic rings. The number of amidine groups is 1. The maximum absolute atomic E-state index is 13.8. The maximum Gasteiger partial charge on any atom is 0.283 e. The van der Waals surface area contributed by atoms with Gasteiger partial charge in [-0.15, -0.1) is 0 Å². The topological polar surface area (TPSA) is 83.5 Å². The van der Waals surface area contributed by atoms with Gasteiger partial charge in [0.1, 0.15) is 11.4 Å². The molecule has 2 fully saturated rings. The number of ether oxygens (including phenoxy) is 2. The van der Waals surface area contributed by atoms with E-state index in [-0.39, 0.29) is 23.1 Å². The molecule has 1 saturated carbocycles. The quantitative estimate of drug-likeness (QED) is 0.390. The van der Waals surface area contributed by atoms with Gasteiger partial charge in [0.15, 0.2) is 5.17 Å². The second-order valence-corrected chi connectivity index (χ2v) is 11.7. The number of anilines is 2. The molecule has 1 N–H and O–H groups in total. The molecule has 2 aromatic carbocycles. The van der Waals surface area contributed by atoms with Crippen LogP contribution in [-0.4, -0.2) is 61.2 Å². The minimum atomic E-state index is -0.346. The molecule has 218 valence electrons. The summed E-state index contributed by atoms with van der Waals surface area (Å²) in [5, 5.41) is 3.42. The van der Waals surface area contributed by atoms with Crippen LogP contribution in [0.1, 0.15) is 57.9 Å². The van der Waals surface area contributed by atoms with Gasteiger partial charge in [-0.25, -0.2) is 4.99 Å². The van der Waals surface area contributed by atoms with Crippen LogP contribution >= 0.6 is 11.8 Å². The van der Waals surface area contributed by atoms with Crippen molar-refractivity contribution in [2.24, 2.45) is 4.99 Å². The summed E-state index contributed by atoms with van der Waals surface area (Å²) < 4.78 is 11.1. The van der Waals surface area contributed by atoms with E-state index in [2.05, 4.69) is 22.3 Å². The largest absolute Gasteiger partial charge is 0.494 e. The van der Waals surface area contributed by atoms with Gasteiger partial charge in [-0.3, -0.25) is 14.5 Å². The van der Waals surface area contributed by atoms with Crippen molar-refractivity contribution in [3.8, 4) is 5.75 Å². The molecule has 3 aliphatic rings. The Labute approximate surface area is 247 Å². The summed E-state index contributed by atoms with van der Waals surface area (Å²) in [6, 6.07) is 15.8. The van der Waals surface area contributed by atoms with E-state index < -0.39 is 0 Å². The summed E-state index contributed by atoms with van der Waals surface area (Å²) in [5.74, 6) is 0.544.